The molecule has 0 amide bonds. The largest absolute Gasteiger partial charge is 0.390 e. The maximum absolute atomic E-state index is 9.73. The van der Waals surface area contributed by atoms with Gasteiger partial charge >= 0.3 is 0 Å². The molecule has 0 aromatic carbocycles. The summed E-state index contributed by atoms with van der Waals surface area (Å²) in [5.41, 5.74) is -0.0598. The highest BCUT2D eigenvalue weighted by Crippen LogP contribution is 2.25. The molecule has 0 heterocycles. The molecular formula is C12H24O2. The molecule has 0 radical (unpaired) electrons. The van der Waals surface area contributed by atoms with Crippen molar-refractivity contribution in [3.05, 3.63) is 0 Å². The van der Waals surface area contributed by atoms with Crippen LogP contribution >= 0.6 is 0 Å². The third-order valence-corrected chi connectivity index (χ3v) is 3.10. The molecule has 2 heteroatoms. The summed E-state index contributed by atoms with van der Waals surface area (Å²) in [6.07, 6.45) is 4.99. The fourth-order valence-electron chi connectivity index (χ4n) is 1.77. The lowest BCUT2D eigenvalue weighted by Crippen LogP contribution is -2.31. The minimum Gasteiger partial charge on any atom is -0.390 e. The van der Waals surface area contributed by atoms with Crippen molar-refractivity contribution in [3.8, 4) is 0 Å². The van der Waals surface area contributed by atoms with E-state index in [-0.39, 0.29) is 11.5 Å². The SMILES string of the molecule is CC(C)(C)C(O)COCC1CCCC1. The minimum atomic E-state index is -0.344. The van der Waals surface area contributed by atoms with Gasteiger partial charge in [0.1, 0.15) is 0 Å². The number of hydrogen-bond donors (Lipinski definition) is 1. The van der Waals surface area contributed by atoms with Gasteiger partial charge in [0, 0.05) is 6.61 Å². The highest BCUT2D eigenvalue weighted by atomic mass is 16.5. The summed E-state index contributed by atoms with van der Waals surface area (Å²) in [6.45, 7) is 7.44. The zero-order valence-corrected chi connectivity index (χ0v) is 9.75. The van der Waals surface area contributed by atoms with Crippen LogP contribution < -0.4 is 0 Å². The van der Waals surface area contributed by atoms with E-state index < -0.39 is 0 Å². The van der Waals surface area contributed by atoms with Gasteiger partial charge in [0.25, 0.3) is 0 Å². The van der Waals surface area contributed by atoms with Crippen LogP contribution in [0.1, 0.15) is 46.5 Å². The van der Waals surface area contributed by atoms with Crippen LogP contribution in [-0.4, -0.2) is 24.4 Å². The predicted molar refractivity (Wildman–Crippen MR) is 58.2 cm³/mol. The van der Waals surface area contributed by atoms with Crippen molar-refractivity contribution in [2.24, 2.45) is 11.3 Å². The Balaban J connectivity index is 2.08. The van der Waals surface area contributed by atoms with Crippen LogP contribution in [0.25, 0.3) is 0 Å². The highest BCUT2D eigenvalue weighted by molar-refractivity contribution is 4.72. The Morgan fingerprint density at radius 1 is 1.29 bits per heavy atom. The van der Waals surface area contributed by atoms with Gasteiger partial charge in [0.05, 0.1) is 12.7 Å². The lowest BCUT2D eigenvalue weighted by atomic mass is 9.90. The van der Waals surface area contributed by atoms with Crippen LogP contribution in [0.15, 0.2) is 0 Å². The molecule has 1 atom stereocenters. The molecule has 0 aromatic heterocycles. The molecule has 1 unspecified atom stereocenters. The molecule has 0 bridgehead atoms. The maximum atomic E-state index is 9.73. The van der Waals surface area contributed by atoms with Crippen LogP contribution in [-0.2, 0) is 4.74 Å². The van der Waals surface area contributed by atoms with Crippen LogP contribution in [0, 0.1) is 11.3 Å². The van der Waals surface area contributed by atoms with Gasteiger partial charge in [-0.1, -0.05) is 33.6 Å². The van der Waals surface area contributed by atoms with E-state index in [1.165, 1.54) is 25.7 Å². The summed E-state index contributed by atoms with van der Waals surface area (Å²) in [4.78, 5) is 0. The van der Waals surface area contributed by atoms with Crippen LogP contribution in [0.3, 0.4) is 0 Å². The average molecular weight is 200 g/mol. The molecule has 1 aliphatic rings. The van der Waals surface area contributed by atoms with Crippen molar-refractivity contribution in [3.63, 3.8) is 0 Å². The van der Waals surface area contributed by atoms with Gasteiger partial charge in [0.2, 0.25) is 0 Å². The Kier molecular flexibility index (Phi) is 4.39. The third kappa shape index (κ3) is 3.97. The van der Waals surface area contributed by atoms with E-state index in [4.69, 9.17) is 4.74 Å². The lowest BCUT2D eigenvalue weighted by Gasteiger charge is -2.26. The fourth-order valence-corrected chi connectivity index (χ4v) is 1.77. The normalized spacial score (nSPS) is 21.4. The summed E-state index contributed by atoms with van der Waals surface area (Å²) >= 11 is 0. The third-order valence-electron chi connectivity index (χ3n) is 3.10. The second kappa shape index (κ2) is 5.13. The van der Waals surface area contributed by atoms with Gasteiger partial charge in [-0.2, -0.15) is 0 Å². The zero-order valence-electron chi connectivity index (χ0n) is 9.75. The van der Waals surface area contributed by atoms with E-state index in [0.717, 1.165) is 12.5 Å². The summed E-state index contributed by atoms with van der Waals surface area (Å²) in [5.74, 6) is 0.752. The quantitative estimate of drug-likeness (QED) is 0.756. The monoisotopic (exact) mass is 200 g/mol. The fraction of sp³-hybridized carbons (Fsp3) is 1.00. The van der Waals surface area contributed by atoms with Crippen molar-refractivity contribution >= 4 is 0 Å². The first kappa shape index (κ1) is 12.0. The van der Waals surface area contributed by atoms with Crippen LogP contribution in [0.2, 0.25) is 0 Å². The van der Waals surface area contributed by atoms with Crippen LogP contribution in [0.4, 0.5) is 0 Å². The standard InChI is InChI=1S/C12H24O2/c1-12(2,3)11(13)9-14-8-10-6-4-5-7-10/h10-11,13H,4-9H2,1-3H3. The van der Waals surface area contributed by atoms with Crippen molar-refractivity contribution in [2.45, 2.75) is 52.6 Å². The molecule has 1 aliphatic carbocycles. The molecule has 0 spiro atoms. The Hall–Kier alpha value is -0.0800. The van der Waals surface area contributed by atoms with Gasteiger partial charge in [-0.15, -0.1) is 0 Å². The van der Waals surface area contributed by atoms with Crippen LogP contribution in [0.5, 0.6) is 0 Å². The topological polar surface area (TPSA) is 29.5 Å². The van der Waals surface area contributed by atoms with Gasteiger partial charge < -0.3 is 9.84 Å². The summed E-state index contributed by atoms with van der Waals surface area (Å²) in [5, 5.41) is 9.73. The number of ether oxygens (including phenoxy) is 1. The Labute approximate surface area is 87.7 Å². The second-order valence-electron chi connectivity index (χ2n) is 5.57. The van der Waals surface area contributed by atoms with E-state index in [2.05, 4.69) is 0 Å². The Morgan fingerprint density at radius 2 is 1.86 bits per heavy atom. The van der Waals surface area contributed by atoms with Crippen molar-refractivity contribution in [2.75, 3.05) is 13.2 Å². The molecule has 1 N–H and O–H groups in total. The van der Waals surface area contributed by atoms with Crippen molar-refractivity contribution in [1.29, 1.82) is 0 Å². The molecule has 14 heavy (non-hydrogen) atoms. The molecule has 0 saturated heterocycles. The summed E-state index contributed by atoms with van der Waals surface area (Å²) in [7, 11) is 0. The predicted octanol–water partition coefficient (Wildman–Crippen LogP) is 2.60. The average Bonchev–Trinajstić information content (AvgIpc) is 2.55. The van der Waals surface area contributed by atoms with E-state index in [1.807, 2.05) is 20.8 Å². The lowest BCUT2D eigenvalue weighted by molar-refractivity contribution is -0.0286. The smallest absolute Gasteiger partial charge is 0.0821 e. The highest BCUT2D eigenvalue weighted by Gasteiger charge is 2.23. The zero-order chi connectivity index (χ0) is 10.6. The number of hydrogen-bond acceptors (Lipinski definition) is 2. The molecule has 84 valence electrons. The van der Waals surface area contributed by atoms with E-state index in [1.54, 1.807) is 0 Å². The van der Waals surface area contributed by atoms with E-state index >= 15 is 0 Å². The second-order valence-corrected chi connectivity index (χ2v) is 5.57. The minimum absolute atomic E-state index is 0.0598. The summed E-state index contributed by atoms with van der Waals surface area (Å²) < 4.78 is 5.56. The molecule has 2 nitrogen and oxygen atoms in total. The number of rotatable bonds is 4. The number of aliphatic hydroxyl groups excluding tert-OH is 1. The molecule has 1 saturated carbocycles. The van der Waals surface area contributed by atoms with Gasteiger partial charge in [-0.3, -0.25) is 0 Å². The van der Waals surface area contributed by atoms with E-state index in [0.29, 0.717) is 6.61 Å². The van der Waals surface area contributed by atoms with E-state index in [9.17, 15) is 5.11 Å². The summed E-state index contributed by atoms with van der Waals surface area (Å²) in [6, 6.07) is 0. The molecule has 1 fully saturated rings. The maximum Gasteiger partial charge on any atom is 0.0821 e. The molecule has 0 aromatic rings. The molecule has 1 rings (SSSR count). The number of aliphatic hydroxyl groups is 1. The first-order valence-corrected chi connectivity index (χ1v) is 5.76. The molecule has 0 aliphatic heterocycles. The van der Waals surface area contributed by atoms with Crippen molar-refractivity contribution < 1.29 is 9.84 Å². The Bertz CT molecular complexity index is 154. The van der Waals surface area contributed by atoms with Gasteiger partial charge in [0.15, 0.2) is 0 Å². The first-order valence-electron chi connectivity index (χ1n) is 5.76. The first-order chi connectivity index (χ1) is 6.50. The van der Waals surface area contributed by atoms with Gasteiger partial charge in [-0.05, 0) is 24.2 Å². The van der Waals surface area contributed by atoms with Gasteiger partial charge in [-0.25, -0.2) is 0 Å². The molecular weight excluding hydrogens is 176 g/mol. The Morgan fingerprint density at radius 3 is 2.36 bits per heavy atom. The van der Waals surface area contributed by atoms with Crippen molar-refractivity contribution in [1.82, 2.24) is 0 Å².